The molecule has 0 unspecified atom stereocenters. The van der Waals surface area contributed by atoms with E-state index in [1.807, 2.05) is 5.32 Å². The van der Waals surface area contributed by atoms with E-state index < -0.39 is 24.6 Å². The van der Waals surface area contributed by atoms with Crippen molar-refractivity contribution in [3.05, 3.63) is 0 Å². The molecular weight excluding hydrogens is 178 g/mol. The number of ether oxygens (including phenoxy) is 2. The van der Waals surface area contributed by atoms with Gasteiger partial charge in [-0.1, -0.05) is 0 Å². The molecule has 0 atom stereocenters. The van der Waals surface area contributed by atoms with Gasteiger partial charge in [0, 0.05) is 0 Å². The number of amides is 1. The maximum absolute atomic E-state index is 10.8. The van der Waals surface area contributed by atoms with Crippen molar-refractivity contribution in [3.8, 4) is 0 Å². The number of carboxylic acid groups (broad SMARTS) is 1. The maximum atomic E-state index is 10.8. The molecule has 0 aliphatic carbocycles. The van der Waals surface area contributed by atoms with Crippen LogP contribution in [0.15, 0.2) is 0 Å². The number of hydrogen-bond donors (Lipinski definition) is 2. The van der Waals surface area contributed by atoms with E-state index in [9.17, 15) is 9.59 Å². The highest BCUT2D eigenvalue weighted by Gasteiger charge is 2.17. The molecule has 0 saturated carbocycles. The predicted molar refractivity (Wildman–Crippen MR) is 43.3 cm³/mol. The van der Waals surface area contributed by atoms with E-state index in [0.717, 1.165) is 0 Å². The van der Waals surface area contributed by atoms with Gasteiger partial charge in [-0.25, -0.2) is 9.59 Å². The van der Waals surface area contributed by atoms with Gasteiger partial charge in [-0.05, 0) is 20.8 Å². The molecule has 0 spiro atoms. The summed E-state index contributed by atoms with van der Waals surface area (Å²) in [6.07, 6.45) is -2.16. The van der Waals surface area contributed by atoms with E-state index >= 15 is 0 Å². The van der Waals surface area contributed by atoms with Crippen LogP contribution in [0.5, 0.6) is 0 Å². The third kappa shape index (κ3) is 8.45. The summed E-state index contributed by atoms with van der Waals surface area (Å²) in [6, 6.07) is 0. The molecule has 0 aromatic carbocycles. The molecule has 2 N–H and O–H groups in total. The van der Waals surface area contributed by atoms with Crippen LogP contribution >= 0.6 is 0 Å². The molecular formula is C7H13NO5. The molecule has 6 heteroatoms. The summed E-state index contributed by atoms with van der Waals surface area (Å²) < 4.78 is 9.10. The summed E-state index contributed by atoms with van der Waals surface area (Å²) in [5, 5.41) is 9.97. The molecule has 13 heavy (non-hydrogen) atoms. The highest BCUT2D eigenvalue weighted by Crippen LogP contribution is 2.07. The van der Waals surface area contributed by atoms with E-state index in [1.54, 1.807) is 20.8 Å². The first-order valence-electron chi connectivity index (χ1n) is 3.64. The Balaban J connectivity index is 3.59. The van der Waals surface area contributed by atoms with Gasteiger partial charge in [0.1, 0.15) is 5.60 Å². The van der Waals surface area contributed by atoms with Gasteiger partial charge < -0.3 is 14.6 Å². The van der Waals surface area contributed by atoms with Gasteiger partial charge in [-0.2, -0.15) is 0 Å². The summed E-state index contributed by atoms with van der Waals surface area (Å²) in [5.74, 6) is 0. The summed E-state index contributed by atoms with van der Waals surface area (Å²) in [6.45, 7) is 4.63. The van der Waals surface area contributed by atoms with Crippen molar-refractivity contribution < 1.29 is 24.2 Å². The van der Waals surface area contributed by atoms with E-state index in [2.05, 4.69) is 4.74 Å². The topological polar surface area (TPSA) is 84.9 Å². The second-order valence-electron chi connectivity index (χ2n) is 3.24. The van der Waals surface area contributed by atoms with Crippen LogP contribution in [0.2, 0.25) is 0 Å². The minimum Gasteiger partial charge on any atom is -0.465 e. The van der Waals surface area contributed by atoms with Gasteiger partial charge in [0.25, 0.3) is 0 Å². The fraction of sp³-hybridized carbons (Fsp3) is 0.714. The van der Waals surface area contributed by atoms with Crippen molar-refractivity contribution in [2.24, 2.45) is 0 Å². The summed E-state index contributed by atoms with van der Waals surface area (Å²) >= 11 is 0. The van der Waals surface area contributed by atoms with E-state index in [-0.39, 0.29) is 0 Å². The Morgan fingerprint density at radius 3 is 2.31 bits per heavy atom. The molecule has 0 radical (unpaired) electrons. The van der Waals surface area contributed by atoms with Gasteiger partial charge >= 0.3 is 12.2 Å². The first-order valence-corrected chi connectivity index (χ1v) is 3.64. The fourth-order valence-electron chi connectivity index (χ4n) is 0.436. The van der Waals surface area contributed by atoms with E-state index in [4.69, 9.17) is 9.84 Å². The van der Waals surface area contributed by atoms with Crippen LogP contribution in [0.3, 0.4) is 0 Å². The van der Waals surface area contributed by atoms with Gasteiger partial charge in [-0.3, -0.25) is 5.32 Å². The van der Waals surface area contributed by atoms with Crippen LogP contribution in [0.4, 0.5) is 9.59 Å². The molecule has 0 bridgehead atoms. The first kappa shape index (κ1) is 11.5. The summed E-state index contributed by atoms with van der Waals surface area (Å²) in [7, 11) is 0. The summed E-state index contributed by atoms with van der Waals surface area (Å²) in [5.41, 5.74) is -0.639. The molecule has 0 saturated heterocycles. The fourth-order valence-corrected chi connectivity index (χ4v) is 0.436. The van der Waals surface area contributed by atoms with Crippen LogP contribution < -0.4 is 5.32 Å². The molecule has 0 aliphatic heterocycles. The van der Waals surface area contributed by atoms with E-state index in [0.29, 0.717) is 0 Å². The second-order valence-corrected chi connectivity index (χ2v) is 3.24. The lowest BCUT2D eigenvalue weighted by molar-refractivity contribution is -0.00938. The van der Waals surface area contributed by atoms with Crippen LogP contribution in [0.25, 0.3) is 0 Å². The average molecular weight is 191 g/mol. The van der Waals surface area contributed by atoms with Crippen molar-refractivity contribution in [2.75, 3.05) is 6.73 Å². The molecule has 6 nitrogen and oxygen atoms in total. The molecule has 0 aliphatic rings. The second kappa shape index (κ2) is 4.54. The van der Waals surface area contributed by atoms with Gasteiger partial charge in [0.2, 0.25) is 0 Å². The molecule has 76 valence electrons. The number of rotatable bonds is 2. The smallest absolute Gasteiger partial charge is 0.465 e. The zero-order chi connectivity index (χ0) is 10.5. The normalized spacial score (nSPS) is 10.4. The van der Waals surface area contributed by atoms with Gasteiger partial charge in [-0.15, -0.1) is 0 Å². The number of carbonyl (C=O) groups excluding carboxylic acids is 1. The first-order chi connectivity index (χ1) is 5.81. The Morgan fingerprint density at radius 2 is 1.92 bits per heavy atom. The molecule has 0 rings (SSSR count). The minimum atomic E-state index is -1.26. The Kier molecular flexibility index (Phi) is 4.03. The quantitative estimate of drug-likeness (QED) is 0.505. The standard InChI is InChI=1S/C7H13NO5/c1-7(2,3)13-6(11)12-4-8-5(9)10/h8H,4H2,1-3H3,(H,9,10). The highest BCUT2D eigenvalue weighted by molar-refractivity contribution is 5.65. The predicted octanol–water partition coefficient (Wildman–Crippen LogP) is 1.16. The van der Waals surface area contributed by atoms with E-state index in [1.165, 1.54) is 0 Å². The van der Waals surface area contributed by atoms with Crippen LogP contribution in [0.1, 0.15) is 20.8 Å². The van der Waals surface area contributed by atoms with Crippen molar-refractivity contribution in [1.82, 2.24) is 5.32 Å². The Hall–Kier alpha value is -1.46. The van der Waals surface area contributed by atoms with Crippen LogP contribution in [-0.4, -0.2) is 29.7 Å². The van der Waals surface area contributed by atoms with Gasteiger partial charge in [0.15, 0.2) is 6.73 Å². The lowest BCUT2D eigenvalue weighted by atomic mass is 10.2. The molecule has 0 heterocycles. The molecule has 0 aromatic heterocycles. The number of nitrogens with one attached hydrogen (secondary N) is 1. The zero-order valence-electron chi connectivity index (χ0n) is 7.79. The summed E-state index contributed by atoms with van der Waals surface area (Å²) in [4.78, 5) is 20.7. The SMILES string of the molecule is CC(C)(C)OC(=O)OCNC(=O)O. The van der Waals surface area contributed by atoms with Crippen LogP contribution in [-0.2, 0) is 9.47 Å². The molecule has 0 aromatic rings. The Bertz CT molecular complexity index is 196. The van der Waals surface area contributed by atoms with Crippen molar-refractivity contribution in [2.45, 2.75) is 26.4 Å². The third-order valence-corrected chi connectivity index (χ3v) is 0.803. The van der Waals surface area contributed by atoms with Crippen molar-refractivity contribution in [1.29, 1.82) is 0 Å². The largest absolute Gasteiger partial charge is 0.510 e. The lowest BCUT2D eigenvalue weighted by Crippen LogP contribution is -2.29. The average Bonchev–Trinajstić information content (AvgIpc) is 1.81. The highest BCUT2D eigenvalue weighted by atomic mass is 16.7. The third-order valence-electron chi connectivity index (χ3n) is 0.803. The lowest BCUT2D eigenvalue weighted by Gasteiger charge is -2.18. The van der Waals surface area contributed by atoms with Crippen molar-refractivity contribution >= 4 is 12.2 Å². The Labute approximate surface area is 75.8 Å². The number of hydrogen-bond acceptors (Lipinski definition) is 4. The Morgan fingerprint density at radius 1 is 1.38 bits per heavy atom. The maximum Gasteiger partial charge on any atom is 0.510 e. The zero-order valence-corrected chi connectivity index (χ0v) is 7.79. The van der Waals surface area contributed by atoms with Gasteiger partial charge in [0.05, 0.1) is 0 Å². The molecule has 0 fully saturated rings. The van der Waals surface area contributed by atoms with Crippen molar-refractivity contribution in [3.63, 3.8) is 0 Å². The molecule has 1 amide bonds. The monoisotopic (exact) mass is 191 g/mol. The number of carbonyl (C=O) groups is 2. The minimum absolute atomic E-state index is 0.412. The van der Waals surface area contributed by atoms with Crippen LogP contribution in [0, 0.1) is 0 Å².